The smallest absolute Gasteiger partial charge is 0.416 e. The number of hydrogen-bond donors (Lipinski definition) is 0. The predicted octanol–water partition coefficient (Wildman–Crippen LogP) is 6.61. The molecule has 31 heavy (non-hydrogen) atoms. The van der Waals surface area contributed by atoms with Gasteiger partial charge in [-0.1, -0.05) is 29.8 Å². The highest BCUT2D eigenvalue weighted by Crippen LogP contribution is 2.31. The maximum atomic E-state index is 12.9. The molecule has 4 rings (SSSR count). The molecule has 0 fully saturated rings. The van der Waals surface area contributed by atoms with E-state index in [4.69, 9.17) is 4.74 Å². The molecule has 0 aliphatic carbocycles. The Hall–Kier alpha value is -3.28. The number of rotatable bonds is 5. The summed E-state index contributed by atoms with van der Waals surface area (Å²) in [5.74, 6) is 0.763. The third kappa shape index (κ3) is 4.29. The number of aromatic nitrogens is 2. The summed E-state index contributed by atoms with van der Waals surface area (Å²) in [7, 11) is 0. The minimum Gasteiger partial charge on any atom is -0.487 e. The summed E-state index contributed by atoms with van der Waals surface area (Å²) >= 11 is 0. The molecule has 0 spiro atoms. The molecule has 0 bridgehead atoms. The van der Waals surface area contributed by atoms with Gasteiger partial charge >= 0.3 is 6.18 Å². The Morgan fingerprint density at radius 2 is 1.58 bits per heavy atom. The molecule has 0 unspecified atom stereocenters. The first-order valence-corrected chi connectivity index (χ1v) is 10.0. The topological polar surface area (TPSA) is 27.1 Å². The van der Waals surface area contributed by atoms with Crippen LogP contribution in [0.3, 0.4) is 0 Å². The van der Waals surface area contributed by atoms with E-state index in [9.17, 15) is 13.2 Å². The highest BCUT2D eigenvalue weighted by atomic mass is 19.4. The van der Waals surface area contributed by atoms with Crippen LogP contribution in [0.25, 0.3) is 10.9 Å². The van der Waals surface area contributed by atoms with Gasteiger partial charge in [0.25, 0.3) is 0 Å². The van der Waals surface area contributed by atoms with Gasteiger partial charge in [-0.3, -0.25) is 4.98 Å². The van der Waals surface area contributed by atoms with Crippen molar-refractivity contribution >= 4 is 10.9 Å². The maximum absolute atomic E-state index is 12.9. The molecule has 0 atom stereocenters. The third-order valence-corrected chi connectivity index (χ3v) is 5.64. The van der Waals surface area contributed by atoms with E-state index >= 15 is 0 Å². The third-order valence-electron chi connectivity index (χ3n) is 5.64. The Labute approximate surface area is 179 Å². The fraction of sp³-hybridized carbons (Fsp3) is 0.240. The minimum atomic E-state index is -4.34. The summed E-state index contributed by atoms with van der Waals surface area (Å²) in [5, 5.41) is 1.07. The summed E-state index contributed by atoms with van der Waals surface area (Å²) in [5.41, 5.74) is 5.23. The van der Waals surface area contributed by atoms with Crippen LogP contribution < -0.4 is 4.74 Å². The molecule has 4 aromatic rings. The predicted molar refractivity (Wildman–Crippen MR) is 115 cm³/mol. The number of fused-ring (bicyclic) bond motifs is 1. The fourth-order valence-electron chi connectivity index (χ4n) is 3.74. The second-order valence-corrected chi connectivity index (χ2v) is 7.75. The number of benzene rings is 2. The minimum absolute atomic E-state index is 0.302. The van der Waals surface area contributed by atoms with Gasteiger partial charge in [0.05, 0.1) is 11.1 Å². The number of aryl methyl sites for hydroxylation is 2. The highest BCUT2D eigenvalue weighted by Gasteiger charge is 2.30. The summed E-state index contributed by atoms with van der Waals surface area (Å²) < 4.78 is 46.8. The lowest BCUT2D eigenvalue weighted by Crippen LogP contribution is -2.08. The average Bonchev–Trinajstić information content (AvgIpc) is 2.98. The lowest BCUT2D eigenvalue weighted by molar-refractivity contribution is -0.137. The van der Waals surface area contributed by atoms with Crippen LogP contribution in [0.1, 0.15) is 33.6 Å². The number of ether oxygens (including phenoxy) is 1. The Morgan fingerprint density at radius 3 is 2.23 bits per heavy atom. The van der Waals surface area contributed by atoms with Gasteiger partial charge in [-0.25, -0.2) is 0 Å². The molecule has 0 radical (unpaired) electrons. The number of nitrogens with zero attached hydrogens (tertiary/aromatic N) is 2. The lowest BCUT2D eigenvalue weighted by Gasteiger charge is -2.13. The quantitative estimate of drug-likeness (QED) is 0.361. The van der Waals surface area contributed by atoms with Gasteiger partial charge in [0.1, 0.15) is 18.1 Å². The molecule has 3 nitrogen and oxygen atoms in total. The van der Waals surface area contributed by atoms with Gasteiger partial charge in [0.2, 0.25) is 0 Å². The number of pyridine rings is 1. The summed E-state index contributed by atoms with van der Waals surface area (Å²) in [4.78, 5) is 4.55. The van der Waals surface area contributed by atoms with Crippen LogP contribution in [0.2, 0.25) is 0 Å². The van der Waals surface area contributed by atoms with Gasteiger partial charge in [-0.2, -0.15) is 13.2 Å². The van der Waals surface area contributed by atoms with Gasteiger partial charge in [0, 0.05) is 23.8 Å². The van der Waals surface area contributed by atoms with Crippen molar-refractivity contribution in [3.8, 4) is 5.75 Å². The first-order chi connectivity index (χ1) is 14.7. The zero-order chi connectivity index (χ0) is 22.2. The Morgan fingerprint density at radius 1 is 0.903 bits per heavy atom. The van der Waals surface area contributed by atoms with E-state index in [-0.39, 0.29) is 0 Å². The van der Waals surface area contributed by atoms with E-state index in [1.807, 2.05) is 51.1 Å². The van der Waals surface area contributed by atoms with Crippen LogP contribution in [0.15, 0.2) is 60.8 Å². The fourth-order valence-corrected chi connectivity index (χ4v) is 3.74. The molecule has 6 heteroatoms. The van der Waals surface area contributed by atoms with Crippen molar-refractivity contribution in [1.29, 1.82) is 0 Å². The molecule has 0 aliphatic rings. The van der Waals surface area contributed by atoms with Crippen molar-refractivity contribution in [3.05, 3.63) is 94.4 Å². The molecule has 0 aliphatic heterocycles. The maximum Gasteiger partial charge on any atom is 0.416 e. The SMILES string of the molecule is Cc1ccc(OCc2nccc3c(C)c(C)n(Cc4ccc(C(F)(F)F)cc4)c23)cc1. The van der Waals surface area contributed by atoms with E-state index in [2.05, 4.69) is 9.55 Å². The molecule has 2 heterocycles. The van der Waals surface area contributed by atoms with E-state index in [1.165, 1.54) is 12.1 Å². The van der Waals surface area contributed by atoms with Gasteiger partial charge in [0.15, 0.2) is 0 Å². The molecule has 0 amide bonds. The first kappa shape index (κ1) is 21.0. The Kier molecular flexibility index (Phi) is 5.48. The van der Waals surface area contributed by atoms with Crippen LogP contribution in [-0.2, 0) is 19.3 Å². The largest absolute Gasteiger partial charge is 0.487 e. The van der Waals surface area contributed by atoms with Crippen molar-refractivity contribution in [1.82, 2.24) is 9.55 Å². The highest BCUT2D eigenvalue weighted by molar-refractivity contribution is 5.87. The van der Waals surface area contributed by atoms with Crippen molar-refractivity contribution in [3.63, 3.8) is 0 Å². The van der Waals surface area contributed by atoms with Crippen LogP contribution in [0.5, 0.6) is 5.75 Å². The van der Waals surface area contributed by atoms with Crippen molar-refractivity contribution in [2.24, 2.45) is 0 Å². The van der Waals surface area contributed by atoms with Crippen molar-refractivity contribution in [2.75, 3.05) is 0 Å². The molecule has 0 saturated heterocycles. The van der Waals surface area contributed by atoms with Crippen LogP contribution in [-0.4, -0.2) is 9.55 Å². The standard InChI is InChI=1S/C25H23F3N2O/c1-16-4-10-21(11-5-16)31-15-23-24-22(12-13-29-23)17(2)18(3)30(24)14-19-6-8-20(9-7-19)25(26,27)28/h4-13H,14-15H2,1-3H3. The molecule has 160 valence electrons. The monoisotopic (exact) mass is 424 g/mol. The summed E-state index contributed by atoms with van der Waals surface area (Å²) in [6, 6.07) is 15.1. The van der Waals surface area contributed by atoms with Gasteiger partial charge in [-0.15, -0.1) is 0 Å². The van der Waals surface area contributed by atoms with E-state index in [0.29, 0.717) is 13.2 Å². The zero-order valence-electron chi connectivity index (χ0n) is 17.6. The zero-order valence-corrected chi connectivity index (χ0v) is 17.6. The van der Waals surface area contributed by atoms with Crippen LogP contribution in [0.4, 0.5) is 13.2 Å². The molecule has 0 saturated carbocycles. The number of hydrogen-bond acceptors (Lipinski definition) is 2. The molecule has 2 aromatic heterocycles. The van der Waals surface area contributed by atoms with Gasteiger partial charge < -0.3 is 9.30 Å². The van der Waals surface area contributed by atoms with Crippen LogP contribution >= 0.6 is 0 Å². The van der Waals surface area contributed by atoms with Crippen molar-refractivity contribution in [2.45, 2.75) is 40.1 Å². The van der Waals surface area contributed by atoms with E-state index in [1.54, 1.807) is 6.20 Å². The molecule has 0 N–H and O–H groups in total. The second-order valence-electron chi connectivity index (χ2n) is 7.75. The van der Waals surface area contributed by atoms with E-state index < -0.39 is 11.7 Å². The Balaban J connectivity index is 1.68. The van der Waals surface area contributed by atoms with Crippen LogP contribution in [0, 0.1) is 20.8 Å². The first-order valence-electron chi connectivity index (χ1n) is 10.0. The van der Waals surface area contributed by atoms with E-state index in [0.717, 1.165) is 56.9 Å². The molecular weight excluding hydrogens is 401 g/mol. The Bertz CT molecular complexity index is 1210. The summed E-state index contributed by atoms with van der Waals surface area (Å²) in [6.07, 6.45) is -2.57. The average molecular weight is 424 g/mol. The molecule has 2 aromatic carbocycles. The molecular formula is C25H23F3N2O. The van der Waals surface area contributed by atoms with Gasteiger partial charge in [-0.05, 0) is 62.2 Å². The second kappa shape index (κ2) is 8.10. The number of halogens is 3. The number of alkyl halides is 3. The van der Waals surface area contributed by atoms with Crippen molar-refractivity contribution < 1.29 is 17.9 Å². The lowest BCUT2D eigenvalue weighted by atomic mass is 10.1. The normalized spacial score (nSPS) is 11.8. The summed E-state index contributed by atoms with van der Waals surface area (Å²) in [6.45, 7) is 6.84.